The molecule has 2 aromatic rings. The number of benzene rings is 2. The van der Waals surface area contributed by atoms with Crippen LogP contribution < -0.4 is 5.32 Å². The lowest BCUT2D eigenvalue weighted by Gasteiger charge is -2.18. The molecule has 0 radical (unpaired) electrons. The monoisotopic (exact) mass is 413 g/mol. The Labute approximate surface area is 173 Å². The van der Waals surface area contributed by atoms with Crippen LogP contribution in [0, 0.1) is 10.1 Å². The Balaban J connectivity index is 2.29. The highest BCUT2D eigenvalue weighted by atomic mass is 16.6. The zero-order chi connectivity index (χ0) is 22.3. The van der Waals surface area contributed by atoms with Crippen LogP contribution >= 0.6 is 0 Å². The van der Waals surface area contributed by atoms with Crippen molar-refractivity contribution in [2.45, 2.75) is 13.8 Å². The maximum atomic E-state index is 13.0. The first-order valence-corrected chi connectivity index (χ1v) is 9.38. The van der Waals surface area contributed by atoms with Gasteiger partial charge in [0.25, 0.3) is 11.6 Å². The fraction of sp³-hybridized carbons (Fsp3) is 0.286. The molecule has 1 amide bonds. The van der Waals surface area contributed by atoms with Crippen molar-refractivity contribution < 1.29 is 24.0 Å². The smallest absolute Gasteiger partial charge is 0.339 e. The van der Waals surface area contributed by atoms with E-state index in [-0.39, 0.29) is 34.0 Å². The van der Waals surface area contributed by atoms with Gasteiger partial charge in [0.1, 0.15) is 5.69 Å². The van der Waals surface area contributed by atoms with Gasteiger partial charge in [-0.25, -0.2) is 4.79 Å². The molecule has 9 heteroatoms. The fourth-order valence-corrected chi connectivity index (χ4v) is 2.92. The first kappa shape index (κ1) is 22.5. The highest BCUT2D eigenvalue weighted by molar-refractivity contribution is 6.15. The number of nitrogens with one attached hydrogen (secondary N) is 1. The number of carbonyl (C=O) groups excluding carboxylic acids is 3. The van der Waals surface area contributed by atoms with Gasteiger partial charge in [0, 0.05) is 37.3 Å². The summed E-state index contributed by atoms with van der Waals surface area (Å²) in [4.78, 5) is 49.7. The molecule has 0 aromatic heterocycles. The molecule has 9 nitrogen and oxygen atoms in total. The molecule has 0 aliphatic carbocycles. The zero-order valence-electron chi connectivity index (χ0n) is 17.0. The molecule has 0 bridgehead atoms. The molecule has 0 saturated heterocycles. The van der Waals surface area contributed by atoms with Gasteiger partial charge in [0.2, 0.25) is 0 Å². The van der Waals surface area contributed by atoms with E-state index >= 15 is 0 Å². The molecule has 30 heavy (non-hydrogen) atoms. The maximum Gasteiger partial charge on any atom is 0.339 e. The summed E-state index contributed by atoms with van der Waals surface area (Å²) in [5.74, 6) is -1.72. The number of nitro benzene ring substituents is 1. The number of likely N-dealkylation sites (N-methyl/N-ethyl adjacent to an activating group) is 1. The molecule has 0 spiro atoms. The molecule has 0 unspecified atom stereocenters. The van der Waals surface area contributed by atoms with Crippen LogP contribution in [0.5, 0.6) is 0 Å². The Hall–Kier alpha value is -3.75. The number of ketones is 1. The van der Waals surface area contributed by atoms with E-state index in [1.54, 1.807) is 12.1 Å². The number of nitrogens with zero attached hydrogens (tertiary/aromatic N) is 2. The molecule has 2 aromatic carbocycles. The summed E-state index contributed by atoms with van der Waals surface area (Å²) in [5.41, 5.74) is 0.0760. The average Bonchev–Trinajstić information content (AvgIpc) is 2.77. The number of nitro groups is 1. The molecular weight excluding hydrogens is 390 g/mol. The van der Waals surface area contributed by atoms with Gasteiger partial charge in [-0.1, -0.05) is 18.2 Å². The normalized spacial score (nSPS) is 10.2. The molecule has 2 rings (SSSR count). The van der Waals surface area contributed by atoms with Gasteiger partial charge in [-0.2, -0.15) is 0 Å². The topological polar surface area (TPSA) is 119 Å². The summed E-state index contributed by atoms with van der Waals surface area (Å²) >= 11 is 0. The number of carbonyl (C=O) groups is 3. The van der Waals surface area contributed by atoms with Crippen molar-refractivity contribution in [2.24, 2.45) is 0 Å². The molecule has 0 saturated carbocycles. The quantitative estimate of drug-likeness (QED) is 0.290. The minimum atomic E-state index is -0.819. The molecule has 158 valence electrons. The summed E-state index contributed by atoms with van der Waals surface area (Å²) in [7, 11) is 1.54. The van der Waals surface area contributed by atoms with Crippen molar-refractivity contribution >= 4 is 29.0 Å². The zero-order valence-corrected chi connectivity index (χ0v) is 17.0. The van der Waals surface area contributed by atoms with Crippen molar-refractivity contribution in [3.8, 4) is 0 Å². The van der Waals surface area contributed by atoms with Gasteiger partial charge in [-0.3, -0.25) is 19.7 Å². The Morgan fingerprint density at radius 2 is 1.70 bits per heavy atom. The van der Waals surface area contributed by atoms with Crippen molar-refractivity contribution in [1.82, 2.24) is 4.90 Å². The Bertz CT molecular complexity index is 969. The van der Waals surface area contributed by atoms with E-state index in [2.05, 4.69) is 5.32 Å². The second-order valence-electron chi connectivity index (χ2n) is 6.26. The Morgan fingerprint density at radius 3 is 2.27 bits per heavy atom. The van der Waals surface area contributed by atoms with Crippen LogP contribution in [-0.4, -0.2) is 54.2 Å². The predicted molar refractivity (Wildman–Crippen MR) is 111 cm³/mol. The molecule has 0 aliphatic rings. The lowest BCUT2D eigenvalue weighted by molar-refractivity contribution is -0.384. The van der Waals surface area contributed by atoms with Crippen LogP contribution in [0.4, 0.5) is 11.4 Å². The third-order valence-electron chi connectivity index (χ3n) is 4.56. The van der Waals surface area contributed by atoms with Gasteiger partial charge in [-0.05, 0) is 32.0 Å². The van der Waals surface area contributed by atoms with E-state index in [9.17, 15) is 24.5 Å². The molecular formula is C21H23N3O6. The van der Waals surface area contributed by atoms with E-state index in [0.717, 1.165) is 6.07 Å². The van der Waals surface area contributed by atoms with Crippen LogP contribution in [-0.2, 0) is 9.53 Å². The minimum absolute atomic E-state index is 0.0183. The summed E-state index contributed by atoms with van der Waals surface area (Å²) in [6.45, 7) is 4.17. The van der Waals surface area contributed by atoms with E-state index in [0.29, 0.717) is 13.1 Å². The van der Waals surface area contributed by atoms with E-state index < -0.39 is 23.3 Å². The van der Waals surface area contributed by atoms with Gasteiger partial charge in [-0.15, -0.1) is 0 Å². The van der Waals surface area contributed by atoms with Crippen LogP contribution in [0.1, 0.15) is 40.1 Å². The summed E-state index contributed by atoms with van der Waals surface area (Å²) in [6.07, 6.45) is 0. The lowest BCUT2D eigenvalue weighted by Crippen LogP contribution is -2.34. The minimum Gasteiger partial charge on any atom is -0.452 e. The maximum absolute atomic E-state index is 13.0. The first-order chi connectivity index (χ1) is 14.3. The number of hydrogen-bond acceptors (Lipinski definition) is 7. The third-order valence-corrected chi connectivity index (χ3v) is 4.56. The standard InChI is InChI=1S/C21H23N3O6/c1-4-23(5-2)19(25)13-30-21(27)16-9-7-6-8-15(16)20(26)14-10-11-17(22-3)18(12-14)24(28)29/h6-12,22H,4-5,13H2,1-3H3. The van der Waals surface area contributed by atoms with E-state index in [1.165, 1.54) is 36.2 Å². The van der Waals surface area contributed by atoms with Crippen LogP contribution in [0.3, 0.4) is 0 Å². The summed E-state index contributed by atoms with van der Waals surface area (Å²) < 4.78 is 5.10. The first-order valence-electron chi connectivity index (χ1n) is 9.38. The predicted octanol–water partition coefficient (Wildman–Crippen LogP) is 2.89. The summed E-state index contributed by atoms with van der Waals surface area (Å²) in [5, 5.41) is 14.0. The van der Waals surface area contributed by atoms with Gasteiger partial charge in [0.15, 0.2) is 12.4 Å². The largest absolute Gasteiger partial charge is 0.452 e. The van der Waals surface area contributed by atoms with Crippen molar-refractivity contribution in [3.05, 3.63) is 69.3 Å². The molecule has 0 heterocycles. The van der Waals surface area contributed by atoms with Crippen molar-refractivity contribution in [3.63, 3.8) is 0 Å². The van der Waals surface area contributed by atoms with E-state index in [1.807, 2.05) is 13.8 Å². The fourth-order valence-electron chi connectivity index (χ4n) is 2.92. The van der Waals surface area contributed by atoms with Gasteiger partial charge >= 0.3 is 5.97 Å². The van der Waals surface area contributed by atoms with E-state index in [4.69, 9.17) is 4.74 Å². The highest BCUT2D eigenvalue weighted by Crippen LogP contribution is 2.27. The van der Waals surface area contributed by atoms with Crippen LogP contribution in [0.15, 0.2) is 42.5 Å². The van der Waals surface area contributed by atoms with Crippen molar-refractivity contribution in [2.75, 3.05) is 32.1 Å². The number of hydrogen-bond donors (Lipinski definition) is 1. The van der Waals surface area contributed by atoms with Crippen LogP contribution in [0.2, 0.25) is 0 Å². The number of amides is 1. The SMILES string of the molecule is CCN(CC)C(=O)COC(=O)c1ccccc1C(=O)c1ccc(NC)c([N+](=O)[O-])c1. The highest BCUT2D eigenvalue weighted by Gasteiger charge is 2.23. The molecule has 1 N–H and O–H groups in total. The van der Waals surface area contributed by atoms with Crippen molar-refractivity contribution in [1.29, 1.82) is 0 Å². The number of anilines is 1. The van der Waals surface area contributed by atoms with Gasteiger partial charge in [0.05, 0.1) is 10.5 Å². The Kier molecular flexibility index (Phi) is 7.62. The number of esters is 1. The third kappa shape index (κ3) is 4.99. The second-order valence-corrected chi connectivity index (χ2v) is 6.26. The molecule has 0 atom stereocenters. The van der Waals surface area contributed by atoms with Crippen LogP contribution in [0.25, 0.3) is 0 Å². The number of ether oxygens (including phenoxy) is 1. The van der Waals surface area contributed by atoms with Gasteiger partial charge < -0.3 is 15.0 Å². The second kappa shape index (κ2) is 10.1. The molecule has 0 aliphatic heterocycles. The average molecular weight is 413 g/mol. The number of rotatable bonds is 9. The summed E-state index contributed by atoms with van der Waals surface area (Å²) in [6, 6.07) is 9.99. The molecule has 0 fully saturated rings. The lowest BCUT2D eigenvalue weighted by atomic mass is 9.97. The Morgan fingerprint density at radius 1 is 1.07 bits per heavy atom.